The summed E-state index contributed by atoms with van der Waals surface area (Å²) in [4.78, 5) is 8.60. The van der Waals surface area contributed by atoms with E-state index in [-0.39, 0.29) is 0 Å². The van der Waals surface area contributed by atoms with Gasteiger partial charge in [-0.25, -0.2) is 15.4 Å². The largest absolute Gasteiger partial charge is 0.245 e. The molecule has 0 unspecified atom stereocenters. The Kier molecular flexibility index (Phi) is 4.69. The van der Waals surface area contributed by atoms with Crippen molar-refractivity contribution in [3.63, 3.8) is 0 Å². The molecule has 0 saturated carbocycles. The van der Waals surface area contributed by atoms with E-state index in [1.54, 1.807) is 0 Å². The zero-order valence-corrected chi connectivity index (χ0v) is 12.6. The van der Waals surface area contributed by atoms with Crippen molar-refractivity contribution >= 4 is 23.3 Å². The first kappa shape index (κ1) is 14.5. The molecule has 20 heavy (non-hydrogen) atoms. The summed E-state index contributed by atoms with van der Waals surface area (Å²) >= 11 is 5.89. The highest BCUT2D eigenvalue weighted by Crippen LogP contribution is 2.12. The van der Waals surface area contributed by atoms with Crippen LogP contribution in [0.5, 0.6) is 0 Å². The van der Waals surface area contributed by atoms with Crippen LogP contribution in [0.1, 0.15) is 30.3 Å². The lowest BCUT2D eigenvalue weighted by Gasteiger charge is -2.06. The van der Waals surface area contributed by atoms with E-state index in [1.165, 1.54) is 0 Å². The number of rotatable bonds is 4. The number of hydrazone groups is 1. The van der Waals surface area contributed by atoms with Crippen LogP contribution in [0.4, 0.5) is 5.95 Å². The molecule has 1 aromatic heterocycles. The number of nitrogens with one attached hydrogen (secondary N) is 1. The predicted octanol–water partition coefficient (Wildman–Crippen LogP) is 3.97. The van der Waals surface area contributed by atoms with Crippen LogP contribution >= 0.6 is 11.6 Å². The maximum absolute atomic E-state index is 5.89. The summed E-state index contributed by atoms with van der Waals surface area (Å²) in [6.07, 6.45) is 0.805. The second-order valence-corrected chi connectivity index (χ2v) is 4.94. The molecule has 2 rings (SSSR count). The van der Waals surface area contributed by atoms with Gasteiger partial charge in [0.2, 0.25) is 5.95 Å². The molecule has 0 atom stereocenters. The lowest BCUT2D eigenvalue weighted by atomic mass is 10.1. The molecular formula is C15H17ClN4. The number of aromatic nitrogens is 2. The monoisotopic (exact) mass is 288 g/mol. The van der Waals surface area contributed by atoms with E-state index in [1.807, 2.05) is 44.2 Å². The molecule has 0 spiro atoms. The second kappa shape index (κ2) is 6.48. The average molecular weight is 289 g/mol. The Morgan fingerprint density at radius 3 is 2.30 bits per heavy atom. The fourth-order valence-electron chi connectivity index (χ4n) is 1.88. The van der Waals surface area contributed by atoms with Crippen molar-refractivity contribution in [1.82, 2.24) is 9.97 Å². The van der Waals surface area contributed by atoms with Crippen LogP contribution in [-0.2, 0) is 0 Å². The third kappa shape index (κ3) is 3.78. The number of hydrogen-bond donors (Lipinski definition) is 1. The summed E-state index contributed by atoms with van der Waals surface area (Å²) in [5, 5.41) is 5.11. The number of halogens is 1. The van der Waals surface area contributed by atoms with Crippen molar-refractivity contribution in [2.75, 3.05) is 5.43 Å². The molecule has 1 aromatic carbocycles. The number of nitrogens with zero attached hydrogens (tertiary/aromatic N) is 3. The summed E-state index contributed by atoms with van der Waals surface area (Å²) in [5.74, 6) is 0.516. The molecule has 0 saturated heterocycles. The Bertz CT molecular complexity index is 600. The highest BCUT2D eigenvalue weighted by atomic mass is 35.5. The first-order valence-corrected chi connectivity index (χ1v) is 6.87. The van der Waals surface area contributed by atoms with Crippen LogP contribution in [0.3, 0.4) is 0 Å². The van der Waals surface area contributed by atoms with Crippen LogP contribution in [-0.4, -0.2) is 15.7 Å². The van der Waals surface area contributed by atoms with Gasteiger partial charge in [-0.1, -0.05) is 30.7 Å². The van der Waals surface area contributed by atoms with Crippen LogP contribution in [0.25, 0.3) is 0 Å². The first-order chi connectivity index (χ1) is 9.58. The van der Waals surface area contributed by atoms with Gasteiger partial charge < -0.3 is 0 Å². The highest BCUT2D eigenvalue weighted by Gasteiger charge is 2.03. The van der Waals surface area contributed by atoms with Crippen LogP contribution < -0.4 is 5.43 Å². The topological polar surface area (TPSA) is 50.2 Å². The van der Waals surface area contributed by atoms with Gasteiger partial charge in [0.25, 0.3) is 0 Å². The molecule has 1 heterocycles. The minimum atomic E-state index is 0.516. The molecule has 0 aliphatic rings. The molecule has 5 heteroatoms. The van der Waals surface area contributed by atoms with Gasteiger partial charge in [0.1, 0.15) is 0 Å². The lowest BCUT2D eigenvalue weighted by Crippen LogP contribution is -2.05. The van der Waals surface area contributed by atoms with Crippen LogP contribution in [0.2, 0.25) is 5.02 Å². The van der Waals surface area contributed by atoms with E-state index in [4.69, 9.17) is 11.6 Å². The van der Waals surface area contributed by atoms with Crippen molar-refractivity contribution < 1.29 is 0 Å². The molecule has 0 radical (unpaired) electrons. The van der Waals surface area contributed by atoms with E-state index >= 15 is 0 Å². The summed E-state index contributed by atoms with van der Waals surface area (Å²) in [7, 11) is 0. The molecular weight excluding hydrogens is 272 g/mol. The zero-order valence-electron chi connectivity index (χ0n) is 11.8. The standard InChI is InChI=1S/C15H17ClN4/c1-4-14(12-5-7-13(16)8-6-12)19-20-15-17-10(2)9-11(3)18-15/h5-9H,4H2,1-3H3,(H,17,18,20)/b19-14+. The van der Waals surface area contributed by atoms with Crippen molar-refractivity contribution in [3.05, 3.63) is 52.3 Å². The van der Waals surface area contributed by atoms with Gasteiger partial charge in [0, 0.05) is 16.4 Å². The Hall–Kier alpha value is -1.94. The van der Waals surface area contributed by atoms with Crippen LogP contribution in [0.15, 0.2) is 35.4 Å². The Labute approximate surface area is 123 Å². The Balaban J connectivity index is 2.21. The number of hydrogen-bond acceptors (Lipinski definition) is 4. The molecule has 4 nitrogen and oxygen atoms in total. The van der Waals surface area contributed by atoms with Gasteiger partial charge in [-0.2, -0.15) is 5.10 Å². The van der Waals surface area contributed by atoms with E-state index in [9.17, 15) is 0 Å². The smallest absolute Gasteiger partial charge is 0.243 e. The summed E-state index contributed by atoms with van der Waals surface area (Å²) < 4.78 is 0. The second-order valence-electron chi connectivity index (χ2n) is 4.51. The molecule has 0 aliphatic carbocycles. The fourth-order valence-corrected chi connectivity index (χ4v) is 2.01. The maximum Gasteiger partial charge on any atom is 0.243 e. The van der Waals surface area contributed by atoms with Gasteiger partial charge in [-0.15, -0.1) is 0 Å². The average Bonchev–Trinajstić information content (AvgIpc) is 2.40. The minimum Gasteiger partial charge on any atom is -0.245 e. The third-order valence-electron chi connectivity index (χ3n) is 2.79. The molecule has 104 valence electrons. The molecule has 0 bridgehead atoms. The third-order valence-corrected chi connectivity index (χ3v) is 3.04. The highest BCUT2D eigenvalue weighted by molar-refractivity contribution is 6.30. The van der Waals surface area contributed by atoms with Gasteiger partial charge in [0.05, 0.1) is 5.71 Å². The van der Waals surface area contributed by atoms with Crippen molar-refractivity contribution in [3.8, 4) is 0 Å². The normalized spacial score (nSPS) is 11.5. The van der Waals surface area contributed by atoms with Crippen LogP contribution in [0, 0.1) is 13.8 Å². The van der Waals surface area contributed by atoms with Gasteiger partial charge in [-0.05, 0) is 44.0 Å². The van der Waals surface area contributed by atoms with E-state index in [0.29, 0.717) is 5.95 Å². The van der Waals surface area contributed by atoms with E-state index in [0.717, 1.165) is 34.1 Å². The van der Waals surface area contributed by atoms with E-state index in [2.05, 4.69) is 27.4 Å². The lowest BCUT2D eigenvalue weighted by molar-refractivity contribution is 1.03. The van der Waals surface area contributed by atoms with Crippen molar-refractivity contribution in [2.24, 2.45) is 5.10 Å². The number of aryl methyl sites for hydroxylation is 2. The summed E-state index contributed by atoms with van der Waals surface area (Å²) in [6, 6.07) is 9.54. The summed E-state index contributed by atoms with van der Waals surface area (Å²) in [5.41, 5.74) is 6.73. The Morgan fingerprint density at radius 2 is 1.75 bits per heavy atom. The molecule has 0 aliphatic heterocycles. The minimum absolute atomic E-state index is 0.516. The zero-order chi connectivity index (χ0) is 14.5. The molecule has 0 amide bonds. The maximum atomic E-state index is 5.89. The first-order valence-electron chi connectivity index (χ1n) is 6.49. The van der Waals surface area contributed by atoms with Crippen molar-refractivity contribution in [2.45, 2.75) is 27.2 Å². The predicted molar refractivity (Wildman–Crippen MR) is 83.4 cm³/mol. The fraction of sp³-hybridized carbons (Fsp3) is 0.267. The van der Waals surface area contributed by atoms with Crippen molar-refractivity contribution in [1.29, 1.82) is 0 Å². The quantitative estimate of drug-likeness (QED) is 0.684. The van der Waals surface area contributed by atoms with Gasteiger partial charge in [0.15, 0.2) is 0 Å². The van der Waals surface area contributed by atoms with Gasteiger partial charge >= 0.3 is 0 Å². The van der Waals surface area contributed by atoms with E-state index < -0.39 is 0 Å². The Morgan fingerprint density at radius 1 is 1.15 bits per heavy atom. The van der Waals surface area contributed by atoms with Gasteiger partial charge in [-0.3, -0.25) is 0 Å². The molecule has 0 fully saturated rings. The SMILES string of the molecule is CC/C(=N\Nc1nc(C)cc(C)n1)c1ccc(Cl)cc1. The molecule has 2 aromatic rings. The summed E-state index contributed by atoms with van der Waals surface area (Å²) in [6.45, 7) is 5.92. The number of benzene rings is 1. The molecule has 1 N–H and O–H groups in total. The number of anilines is 1.